The van der Waals surface area contributed by atoms with Gasteiger partial charge in [0.05, 0.1) is 23.9 Å². The van der Waals surface area contributed by atoms with E-state index in [4.69, 9.17) is 4.74 Å². The Bertz CT molecular complexity index is 1190. The number of aromatic nitrogens is 4. The van der Waals surface area contributed by atoms with Gasteiger partial charge in [-0.3, -0.25) is 19.7 Å². The summed E-state index contributed by atoms with van der Waals surface area (Å²) < 4.78 is 10.9. The van der Waals surface area contributed by atoms with E-state index in [0.717, 1.165) is 16.1 Å². The quantitative estimate of drug-likeness (QED) is 0.624. The fourth-order valence-electron chi connectivity index (χ4n) is 3.68. The summed E-state index contributed by atoms with van der Waals surface area (Å²) in [6.45, 7) is 0.307. The van der Waals surface area contributed by atoms with Gasteiger partial charge in [0.1, 0.15) is 11.7 Å². The maximum absolute atomic E-state index is 12.8. The summed E-state index contributed by atoms with van der Waals surface area (Å²) >= 11 is 1.27. The third kappa shape index (κ3) is 3.03. The minimum absolute atomic E-state index is 0.206. The van der Waals surface area contributed by atoms with Crippen LogP contribution in [0, 0.1) is 0 Å². The molecule has 3 aromatic rings. The highest BCUT2D eigenvalue weighted by molar-refractivity contribution is 7.09. The fourth-order valence-corrected chi connectivity index (χ4v) is 4.34. The highest BCUT2D eigenvalue weighted by Gasteiger charge is 2.39. The van der Waals surface area contributed by atoms with Crippen molar-refractivity contribution in [2.75, 3.05) is 7.11 Å². The molecule has 1 saturated heterocycles. The number of carbonyl (C=O) groups is 3. The summed E-state index contributed by atoms with van der Waals surface area (Å²) in [6, 6.07) is 6.54. The third-order valence-electron chi connectivity index (χ3n) is 5.22. The van der Waals surface area contributed by atoms with E-state index in [1.54, 1.807) is 36.2 Å². The summed E-state index contributed by atoms with van der Waals surface area (Å²) in [5.74, 6) is -0.409. The summed E-state index contributed by atoms with van der Waals surface area (Å²) in [5.41, 5.74) is 2.77. The van der Waals surface area contributed by atoms with Crippen molar-refractivity contribution in [1.82, 2.24) is 29.6 Å². The molecule has 1 unspecified atom stereocenters. The number of methoxy groups -OCH3 is 1. The minimum atomic E-state index is -0.634. The van der Waals surface area contributed by atoms with Crippen LogP contribution in [0.4, 0.5) is 0 Å². The molecule has 5 rings (SSSR count). The highest BCUT2D eigenvalue weighted by Crippen LogP contribution is 2.30. The number of imide groups is 1. The van der Waals surface area contributed by atoms with Crippen LogP contribution in [-0.4, -0.2) is 55.1 Å². The second-order valence-corrected chi connectivity index (χ2v) is 7.83. The van der Waals surface area contributed by atoms with Crippen molar-refractivity contribution in [3.63, 3.8) is 0 Å². The van der Waals surface area contributed by atoms with Crippen LogP contribution in [0.15, 0.2) is 30.5 Å². The molecule has 0 bridgehead atoms. The maximum atomic E-state index is 12.8. The number of nitrogens with zero attached hydrogens (tertiary/aromatic N) is 5. The van der Waals surface area contributed by atoms with Gasteiger partial charge in [0.15, 0.2) is 0 Å². The molecule has 1 aromatic carbocycles. The van der Waals surface area contributed by atoms with Crippen molar-refractivity contribution >= 4 is 29.3 Å². The monoisotopic (exact) mass is 424 g/mol. The van der Waals surface area contributed by atoms with Gasteiger partial charge in [0.2, 0.25) is 17.7 Å². The Morgan fingerprint density at radius 1 is 1.23 bits per heavy atom. The number of piperidine rings is 1. The van der Waals surface area contributed by atoms with Gasteiger partial charge in [-0.1, -0.05) is 5.21 Å². The van der Waals surface area contributed by atoms with Gasteiger partial charge in [-0.15, -0.1) is 5.10 Å². The third-order valence-corrected chi connectivity index (χ3v) is 6.01. The standard InChI is InChI=1S/C19H16N6O4S/c1-29-17-7-15(30-22-17)13-9-25(23-21-13)11-2-3-12-10(6-11)8-24(19(12)28)14-4-5-16(26)20-18(14)27/h2-3,6-7,9,14H,4-5,8H2,1H3,(H,20,26,27). The Hall–Kier alpha value is -3.60. The summed E-state index contributed by atoms with van der Waals surface area (Å²) in [6.07, 6.45) is 2.34. The Balaban J connectivity index is 1.39. The number of hydrogen-bond acceptors (Lipinski definition) is 8. The number of carbonyl (C=O) groups excluding carboxylic acids is 3. The topological polar surface area (TPSA) is 119 Å². The average molecular weight is 424 g/mol. The van der Waals surface area contributed by atoms with Gasteiger partial charge < -0.3 is 9.64 Å². The predicted octanol–water partition coefficient (Wildman–Crippen LogP) is 1.16. The van der Waals surface area contributed by atoms with Crippen LogP contribution in [0.5, 0.6) is 5.88 Å². The van der Waals surface area contributed by atoms with Crippen molar-refractivity contribution < 1.29 is 19.1 Å². The molecule has 0 spiro atoms. The van der Waals surface area contributed by atoms with Crippen molar-refractivity contribution in [2.24, 2.45) is 0 Å². The molecular formula is C19H16N6O4S. The van der Waals surface area contributed by atoms with Crippen LogP contribution in [0.3, 0.4) is 0 Å². The lowest BCUT2D eigenvalue weighted by atomic mass is 10.0. The van der Waals surface area contributed by atoms with E-state index in [1.807, 2.05) is 6.07 Å². The minimum Gasteiger partial charge on any atom is -0.480 e. The number of benzene rings is 1. The number of rotatable bonds is 4. The zero-order chi connectivity index (χ0) is 20.8. The van der Waals surface area contributed by atoms with Crippen molar-refractivity contribution in [3.05, 3.63) is 41.6 Å². The predicted molar refractivity (Wildman–Crippen MR) is 105 cm³/mol. The lowest BCUT2D eigenvalue weighted by Crippen LogP contribution is -2.52. The molecule has 4 heterocycles. The zero-order valence-corrected chi connectivity index (χ0v) is 16.7. The first-order valence-electron chi connectivity index (χ1n) is 9.25. The lowest BCUT2D eigenvalue weighted by Gasteiger charge is -2.29. The number of nitrogens with one attached hydrogen (secondary N) is 1. The van der Waals surface area contributed by atoms with Crippen LogP contribution in [0.1, 0.15) is 28.8 Å². The van der Waals surface area contributed by atoms with Crippen molar-refractivity contribution in [1.29, 1.82) is 0 Å². The highest BCUT2D eigenvalue weighted by atomic mass is 32.1. The maximum Gasteiger partial charge on any atom is 0.255 e. The first kappa shape index (κ1) is 18.4. The van der Waals surface area contributed by atoms with Gasteiger partial charge in [-0.25, -0.2) is 4.68 Å². The molecule has 3 amide bonds. The van der Waals surface area contributed by atoms with Crippen molar-refractivity contribution in [2.45, 2.75) is 25.4 Å². The SMILES string of the molecule is COc1cc(-c2cn(-c3ccc4c(c3)CN(C3CCC(=O)NC3=O)C4=O)nn2)sn1. The molecule has 2 aromatic heterocycles. The van der Waals surface area contributed by atoms with E-state index in [2.05, 4.69) is 20.0 Å². The van der Waals surface area contributed by atoms with Crippen LogP contribution in [0.2, 0.25) is 0 Å². The largest absolute Gasteiger partial charge is 0.480 e. The zero-order valence-electron chi connectivity index (χ0n) is 15.9. The Labute approximate surface area is 174 Å². The summed E-state index contributed by atoms with van der Waals surface area (Å²) in [4.78, 5) is 38.7. The molecule has 0 saturated carbocycles. The molecule has 11 heteroatoms. The molecule has 30 heavy (non-hydrogen) atoms. The van der Waals surface area contributed by atoms with E-state index in [9.17, 15) is 14.4 Å². The normalized spacial score (nSPS) is 18.5. The molecule has 0 aliphatic carbocycles. The van der Waals surface area contributed by atoms with Crippen LogP contribution in [-0.2, 0) is 16.1 Å². The van der Waals surface area contributed by atoms with Gasteiger partial charge in [-0.2, -0.15) is 4.37 Å². The van der Waals surface area contributed by atoms with E-state index in [-0.39, 0.29) is 18.2 Å². The molecular weight excluding hydrogens is 408 g/mol. The van der Waals surface area contributed by atoms with Crippen LogP contribution >= 0.6 is 11.5 Å². The lowest BCUT2D eigenvalue weighted by molar-refractivity contribution is -0.136. The number of fused-ring (bicyclic) bond motifs is 1. The van der Waals surface area contributed by atoms with Gasteiger partial charge in [0, 0.05) is 24.6 Å². The number of amides is 3. The summed E-state index contributed by atoms with van der Waals surface area (Å²) in [7, 11) is 1.56. The molecule has 1 fully saturated rings. The van der Waals surface area contributed by atoms with E-state index in [0.29, 0.717) is 30.1 Å². The molecule has 2 aliphatic rings. The van der Waals surface area contributed by atoms with Crippen LogP contribution < -0.4 is 10.1 Å². The molecule has 0 radical (unpaired) electrons. The fraction of sp³-hybridized carbons (Fsp3) is 0.263. The van der Waals surface area contributed by atoms with E-state index >= 15 is 0 Å². The molecule has 10 nitrogen and oxygen atoms in total. The molecule has 152 valence electrons. The summed E-state index contributed by atoms with van der Waals surface area (Å²) in [5, 5.41) is 10.7. The van der Waals surface area contributed by atoms with Crippen molar-refractivity contribution in [3.8, 4) is 22.1 Å². The number of hydrogen-bond donors (Lipinski definition) is 1. The first-order chi connectivity index (χ1) is 14.5. The van der Waals surface area contributed by atoms with E-state index in [1.165, 1.54) is 16.4 Å². The Morgan fingerprint density at radius 2 is 2.10 bits per heavy atom. The molecule has 2 aliphatic heterocycles. The number of ether oxygens (including phenoxy) is 1. The second-order valence-electron chi connectivity index (χ2n) is 7.02. The molecule has 1 atom stereocenters. The molecule has 1 N–H and O–H groups in total. The second kappa shape index (κ2) is 7.02. The van der Waals surface area contributed by atoms with Gasteiger partial charge >= 0.3 is 0 Å². The first-order valence-corrected chi connectivity index (χ1v) is 10.0. The average Bonchev–Trinajstić information content (AvgIpc) is 3.46. The van der Waals surface area contributed by atoms with E-state index < -0.39 is 11.9 Å². The smallest absolute Gasteiger partial charge is 0.255 e. The Kier molecular flexibility index (Phi) is 4.31. The van der Waals surface area contributed by atoms with Gasteiger partial charge in [-0.05, 0) is 41.7 Å². The Morgan fingerprint density at radius 3 is 2.87 bits per heavy atom. The van der Waals surface area contributed by atoms with Gasteiger partial charge in [0.25, 0.3) is 5.91 Å². The van der Waals surface area contributed by atoms with Crippen LogP contribution in [0.25, 0.3) is 16.3 Å².